The Bertz CT molecular complexity index is 2370. The van der Waals surface area contributed by atoms with Gasteiger partial charge in [0.05, 0.1) is 43.1 Å². The second kappa shape index (κ2) is 16.6. The number of aliphatic hydroxyl groups is 1. The Labute approximate surface area is 345 Å². The number of carbonyl (C=O) groups excluding carboxylic acids is 5. The lowest BCUT2D eigenvalue weighted by Crippen LogP contribution is -2.54. The first-order valence-electron chi connectivity index (χ1n) is 20.2. The van der Waals surface area contributed by atoms with Crippen molar-refractivity contribution in [1.29, 1.82) is 5.26 Å². The highest BCUT2D eigenvalue weighted by atomic mass is 32.1. The van der Waals surface area contributed by atoms with Gasteiger partial charge in [-0.25, -0.2) is 4.98 Å². The van der Waals surface area contributed by atoms with Crippen molar-refractivity contribution in [2.75, 3.05) is 56.4 Å². The number of imide groups is 2. The van der Waals surface area contributed by atoms with Gasteiger partial charge in [-0.05, 0) is 82.2 Å². The van der Waals surface area contributed by atoms with E-state index in [2.05, 4.69) is 30.7 Å². The number of piperidine rings is 1. The van der Waals surface area contributed by atoms with Crippen molar-refractivity contribution >= 4 is 62.5 Å². The van der Waals surface area contributed by atoms with E-state index < -0.39 is 41.2 Å². The Morgan fingerprint density at radius 3 is 2.47 bits per heavy atom. The van der Waals surface area contributed by atoms with E-state index in [4.69, 9.17) is 4.98 Å². The number of aromatic nitrogens is 2. The van der Waals surface area contributed by atoms with Gasteiger partial charge < -0.3 is 20.6 Å². The number of rotatable bonds is 11. The number of benzene rings is 2. The van der Waals surface area contributed by atoms with Crippen molar-refractivity contribution in [2.24, 2.45) is 5.92 Å². The van der Waals surface area contributed by atoms with E-state index in [0.717, 1.165) is 85.1 Å². The molecule has 1 atom stereocenters. The summed E-state index contributed by atoms with van der Waals surface area (Å²) in [6.07, 6.45) is 7.38. The van der Waals surface area contributed by atoms with Crippen LogP contribution in [0.5, 0.6) is 0 Å². The highest BCUT2D eigenvalue weighted by Gasteiger charge is 2.45. The van der Waals surface area contributed by atoms with Crippen LogP contribution in [0.1, 0.15) is 105 Å². The van der Waals surface area contributed by atoms with Crippen LogP contribution < -0.4 is 16.0 Å². The summed E-state index contributed by atoms with van der Waals surface area (Å²) < 4.78 is 0.940. The van der Waals surface area contributed by atoms with Gasteiger partial charge in [-0.1, -0.05) is 6.07 Å². The van der Waals surface area contributed by atoms with Gasteiger partial charge in [0.25, 0.3) is 17.7 Å². The highest BCUT2D eigenvalue weighted by Crippen LogP contribution is 2.42. The van der Waals surface area contributed by atoms with E-state index in [1.807, 2.05) is 18.2 Å². The number of amides is 5. The van der Waals surface area contributed by atoms with E-state index in [1.54, 1.807) is 43.4 Å². The second-order valence-electron chi connectivity index (χ2n) is 16.5. The molecule has 5 heterocycles. The average Bonchev–Trinajstić information content (AvgIpc) is 3.75. The van der Waals surface area contributed by atoms with Crippen LogP contribution >= 0.6 is 11.3 Å². The zero-order valence-electron chi connectivity index (χ0n) is 33.1. The number of nitriles is 1. The molecule has 1 saturated carbocycles. The van der Waals surface area contributed by atoms with Gasteiger partial charge in [-0.2, -0.15) is 5.26 Å². The summed E-state index contributed by atoms with van der Waals surface area (Å²) >= 11 is 1.64. The minimum absolute atomic E-state index is 0.0797. The van der Waals surface area contributed by atoms with E-state index in [-0.39, 0.29) is 29.5 Å². The first-order chi connectivity index (χ1) is 28.4. The summed E-state index contributed by atoms with van der Waals surface area (Å²) in [7, 11) is 0. The van der Waals surface area contributed by atoms with Gasteiger partial charge >= 0.3 is 0 Å². The number of anilines is 2. The molecule has 4 N–H and O–H groups in total. The maximum absolute atomic E-state index is 13.4. The molecule has 15 nitrogen and oxygen atoms in total. The standard InChI is InChI=1S/C43H47N9O6S/c1-43(2,58)30-19-33-35(20-32(30)47-38(54)28-18-26(21-44)22-45-23-28)59-40(48-33)27-8-6-25(7-9-27)24-51-16-14-50(15-17-51)13-12-46-31-5-3-4-29-37(31)42(57)52(41(29)56)34-10-11-36(53)49-39(34)55/h3-5,18-20,22-23,25,27,34,46,58H,6-17,24H2,1-2H3,(H,47,54)(H,49,53,55). The van der Waals surface area contributed by atoms with E-state index in [0.29, 0.717) is 40.9 Å². The lowest BCUT2D eigenvalue weighted by molar-refractivity contribution is -0.136. The normalized spacial score (nSPS) is 21.7. The summed E-state index contributed by atoms with van der Waals surface area (Å²) in [5.74, 6) is -1.48. The zero-order chi connectivity index (χ0) is 41.4. The van der Waals surface area contributed by atoms with Crippen molar-refractivity contribution in [3.63, 3.8) is 0 Å². The number of piperazine rings is 1. The fraction of sp³-hybridized carbons (Fsp3) is 0.442. The number of nitrogens with zero attached hydrogens (tertiary/aromatic N) is 6. The fourth-order valence-electron chi connectivity index (χ4n) is 8.76. The third kappa shape index (κ3) is 8.46. The molecule has 16 heteroatoms. The molecular weight excluding hydrogens is 771 g/mol. The number of nitrogens with one attached hydrogen (secondary N) is 3. The zero-order valence-corrected chi connectivity index (χ0v) is 33.9. The van der Waals surface area contributed by atoms with Crippen LogP contribution in [0.25, 0.3) is 10.2 Å². The van der Waals surface area contributed by atoms with Crippen LogP contribution in [0.4, 0.5) is 11.4 Å². The van der Waals surface area contributed by atoms with Crippen LogP contribution in [0.2, 0.25) is 0 Å². The minimum Gasteiger partial charge on any atom is -0.386 e. The lowest BCUT2D eigenvalue weighted by Gasteiger charge is -2.38. The summed E-state index contributed by atoms with van der Waals surface area (Å²) in [4.78, 5) is 78.9. The highest BCUT2D eigenvalue weighted by molar-refractivity contribution is 7.18. The minimum atomic E-state index is -1.23. The van der Waals surface area contributed by atoms with Crippen molar-refractivity contribution in [1.82, 2.24) is 30.0 Å². The SMILES string of the molecule is CC(C)(O)c1cc2nc(C3CCC(CN4CCN(CCNc5cccc6c5C(=O)N(C5CCC(=O)NC5=O)C6=O)CC4)CC3)sc2cc1NC(=O)c1cncc(C#N)c1. The summed E-state index contributed by atoms with van der Waals surface area (Å²) in [5, 5.41) is 29.9. The Morgan fingerprint density at radius 2 is 1.75 bits per heavy atom. The molecule has 4 aromatic rings. The molecule has 306 valence electrons. The van der Waals surface area contributed by atoms with Gasteiger partial charge in [-0.15, -0.1) is 11.3 Å². The molecule has 0 spiro atoms. The van der Waals surface area contributed by atoms with Crippen LogP contribution in [-0.4, -0.2) is 111 Å². The number of hydrogen-bond donors (Lipinski definition) is 4. The van der Waals surface area contributed by atoms with Crippen LogP contribution in [0, 0.1) is 17.2 Å². The van der Waals surface area contributed by atoms with E-state index >= 15 is 0 Å². The quantitative estimate of drug-likeness (QED) is 0.155. The topological polar surface area (TPSA) is 201 Å². The Balaban J connectivity index is 0.808. The number of pyridine rings is 1. The monoisotopic (exact) mass is 817 g/mol. The van der Waals surface area contributed by atoms with Crippen LogP contribution in [-0.2, 0) is 15.2 Å². The van der Waals surface area contributed by atoms with Gasteiger partial charge in [0, 0.05) is 87.5 Å². The fourth-order valence-corrected chi connectivity index (χ4v) is 9.92. The van der Waals surface area contributed by atoms with E-state index in [9.17, 15) is 34.3 Å². The number of hydrogen-bond acceptors (Lipinski definition) is 13. The molecule has 2 saturated heterocycles. The second-order valence-corrected chi connectivity index (χ2v) is 17.5. The third-order valence-electron chi connectivity index (χ3n) is 12.0. The number of carbonyl (C=O) groups is 5. The predicted octanol–water partition coefficient (Wildman–Crippen LogP) is 4.45. The molecule has 3 fully saturated rings. The Hall–Kier alpha value is -5.60. The largest absolute Gasteiger partial charge is 0.386 e. The van der Waals surface area contributed by atoms with Gasteiger partial charge in [0.15, 0.2) is 0 Å². The van der Waals surface area contributed by atoms with Crippen molar-refractivity contribution in [2.45, 2.75) is 69.9 Å². The lowest BCUT2D eigenvalue weighted by atomic mass is 9.82. The summed E-state index contributed by atoms with van der Waals surface area (Å²) in [5.41, 5.74) is 2.30. The first-order valence-corrected chi connectivity index (χ1v) is 21.0. The van der Waals surface area contributed by atoms with Crippen molar-refractivity contribution in [3.8, 4) is 6.07 Å². The maximum atomic E-state index is 13.4. The van der Waals surface area contributed by atoms with Gasteiger partial charge in [0.1, 0.15) is 12.1 Å². The molecule has 2 aromatic carbocycles. The maximum Gasteiger partial charge on any atom is 0.264 e. The molecule has 8 rings (SSSR count). The van der Waals surface area contributed by atoms with Gasteiger partial charge in [-0.3, -0.25) is 44.1 Å². The molecule has 1 unspecified atom stereocenters. The smallest absolute Gasteiger partial charge is 0.264 e. The summed E-state index contributed by atoms with van der Waals surface area (Å²) in [6.45, 7) is 9.65. The first kappa shape index (κ1) is 40.2. The third-order valence-corrected chi connectivity index (χ3v) is 13.2. The molecule has 5 amide bonds. The van der Waals surface area contributed by atoms with Crippen LogP contribution in [0.3, 0.4) is 0 Å². The molecule has 4 aliphatic rings. The number of thiazole rings is 1. The molecule has 0 radical (unpaired) electrons. The van der Waals surface area contributed by atoms with E-state index in [1.165, 1.54) is 18.5 Å². The van der Waals surface area contributed by atoms with Crippen LogP contribution in [0.15, 0.2) is 48.8 Å². The molecule has 2 aromatic heterocycles. The van der Waals surface area contributed by atoms with Crippen molar-refractivity contribution in [3.05, 3.63) is 81.6 Å². The Morgan fingerprint density at radius 1 is 0.983 bits per heavy atom. The molecule has 0 bridgehead atoms. The summed E-state index contributed by atoms with van der Waals surface area (Å²) in [6, 6.07) is 11.4. The van der Waals surface area contributed by atoms with Crippen molar-refractivity contribution < 1.29 is 29.1 Å². The number of fused-ring (bicyclic) bond motifs is 2. The predicted molar refractivity (Wildman–Crippen MR) is 221 cm³/mol. The molecule has 1 aliphatic carbocycles. The molecule has 59 heavy (non-hydrogen) atoms. The average molecular weight is 818 g/mol. The van der Waals surface area contributed by atoms with Gasteiger partial charge in [0.2, 0.25) is 11.8 Å². The Kier molecular flexibility index (Phi) is 11.3. The molecular formula is C43H47N9O6S. The molecule has 3 aliphatic heterocycles.